The molecule has 1 aromatic carbocycles. The summed E-state index contributed by atoms with van der Waals surface area (Å²) in [5.41, 5.74) is 2.40. The molecule has 0 spiro atoms. The number of pyridine rings is 1. The van der Waals surface area contributed by atoms with E-state index in [1.165, 1.54) is 5.56 Å². The topological polar surface area (TPSA) is 42.2 Å². The number of ether oxygens (including phenoxy) is 1. The smallest absolute Gasteiger partial charge is 0.286 e. The Labute approximate surface area is 144 Å². The molecule has 1 amide bonds. The summed E-state index contributed by atoms with van der Waals surface area (Å²) in [5.74, 6) is 1.42. The molecule has 4 heteroatoms. The number of nitrogens with zero attached hydrogens (tertiary/aromatic N) is 1. The fourth-order valence-electron chi connectivity index (χ4n) is 2.77. The third kappa shape index (κ3) is 5.08. The molecule has 4 nitrogen and oxygen atoms in total. The van der Waals surface area contributed by atoms with Crippen molar-refractivity contribution in [2.24, 2.45) is 0 Å². The summed E-state index contributed by atoms with van der Waals surface area (Å²) in [6.45, 7) is 5.28. The van der Waals surface area contributed by atoms with Gasteiger partial charge in [-0.05, 0) is 42.0 Å². The third-order valence-electron chi connectivity index (χ3n) is 4.35. The van der Waals surface area contributed by atoms with Crippen LogP contribution in [0.4, 0.5) is 0 Å². The summed E-state index contributed by atoms with van der Waals surface area (Å²) < 4.78 is 7.04. The molecule has 0 aliphatic heterocycles. The predicted molar refractivity (Wildman–Crippen MR) is 94.8 cm³/mol. The summed E-state index contributed by atoms with van der Waals surface area (Å²) in [7, 11) is 1.64. The fourth-order valence-corrected chi connectivity index (χ4v) is 2.77. The van der Waals surface area contributed by atoms with Gasteiger partial charge in [0.15, 0.2) is 12.4 Å². The highest BCUT2D eigenvalue weighted by molar-refractivity contribution is 5.74. The second kappa shape index (κ2) is 9.06. The zero-order chi connectivity index (χ0) is 17.4. The second-order valence-electron chi connectivity index (χ2n) is 5.94. The third-order valence-corrected chi connectivity index (χ3v) is 4.35. The quantitative estimate of drug-likeness (QED) is 0.757. The van der Waals surface area contributed by atoms with Gasteiger partial charge in [0.2, 0.25) is 6.54 Å². The van der Waals surface area contributed by atoms with E-state index in [2.05, 4.69) is 31.3 Å². The van der Waals surface area contributed by atoms with Crippen molar-refractivity contribution in [3.8, 4) is 5.75 Å². The molecule has 1 N–H and O–H groups in total. The van der Waals surface area contributed by atoms with Crippen LogP contribution in [-0.4, -0.2) is 13.0 Å². The average Bonchev–Trinajstić information content (AvgIpc) is 2.63. The monoisotopic (exact) mass is 327 g/mol. The number of benzene rings is 1. The van der Waals surface area contributed by atoms with E-state index in [1.54, 1.807) is 7.11 Å². The Morgan fingerprint density at radius 2 is 1.71 bits per heavy atom. The lowest BCUT2D eigenvalue weighted by atomic mass is 9.95. The number of rotatable bonds is 8. The van der Waals surface area contributed by atoms with E-state index < -0.39 is 0 Å². The summed E-state index contributed by atoms with van der Waals surface area (Å²) in [6, 6.07) is 11.9. The largest absolute Gasteiger partial charge is 0.497 e. The molecular weight excluding hydrogens is 300 g/mol. The highest BCUT2D eigenvalue weighted by atomic mass is 16.5. The van der Waals surface area contributed by atoms with E-state index >= 15 is 0 Å². The molecule has 1 aromatic heterocycles. The van der Waals surface area contributed by atoms with E-state index in [9.17, 15) is 4.79 Å². The number of carbonyl (C=O) groups excluding carboxylic acids is 1. The van der Waals surface area contributed by atoms with Crippen molar-refractivity contribution in [2.45, 2.75) is 45.7 Å². The Bertz CT molecular complexity index is 632. The van der Waals surface area contributed by atoms with Gasteiger partial charge in [-0.2, -0.15) is 4.57 Å². The second-order valence-corrected chi connectivity index (χ2v) is 5.94. The van der Waals surface area contributed by atoms with Crippen molar-refractivity contribution in [3.63, 3.8) is 0 Å². The maximum Gasteiger partial charge on any atom is 0.286 e. The highest BCUT2D eigenvalue weighted by Crippen LogP contribution is 2.21. The van der Waals surface area contributed by atoms with Gasteiger partial charge in [0.05, 0.1) is 7.11 Å². The Kier molecular flexibility index (Phi) is 6.79. The van der Waals surface area contributed by atoms with Crippen molar-refractivity contribution in [1.29, 1.82) is 0 Å². The van der Waals surface area contributed by atoms with Crippen molar-refractivity contribution in [2.75, 3.05) is 7.11 Å². The van der Waals surface area contributed by atoms with Gasteiger partial charge in [-0.15, -0.1) is 0 Å². The number of hydrogen-bond acceptors (Lipinski definition) is 2. The first-order valence-electron chi connectivity index (χ1n) is 8.54. The van der Waals surface area contributed by atoms with Crippen LogP contribution >= 0.6 is 0 Å². The molecule has 0 unspecified atom stereocenters. The number of hydrogen-bond donors (Lipinski definition) is 1. The molecule has 24 heavy (non-hydrogen) atoms. The Morgan fingerprint density at radius 1 is 1.08 bits per heavy atom. The summed E-state index contributed by atoms with van der Waals surface area (Å²) in [4.78, 5) is 12.1. The lowest BCUT2D eigenvalue weighted by Gasteiger charge is -2.11. The molecular formula is C20H27N2O2+. The van der Waals surface area contributed by atoms with E-state index in [0.29, 0.717) is 19.0 Å². The van der Waals surface area contributed by atoms with E-state index in [4.69, 9.17) is 4.74 Å². The normalized spacial score (nSPS) is 10.7. The number of aromatic nitrogens is 1. The maximum absolute atomic E-state index is 12.1. The minimum atomic E-state index is 0.00565. The molecule has 128 valence electrons. The van der Waals surface area contributed by atoms with Crippen LogP contribution in [0.5, 0.6) is 5.75 Å². The van der Waals surface area contributed by atoms with Crippen molar-refractivity contribution < 1.29 is 14.1 Å². The number of nitrogens with one attached hydrogen (secondary N) is 1. The van der Waals surface area contributed by atoms with Crippen LogP contribution < -0.4 is 14.6 Å². The summed E-state index contributed by atoms with van der Waals surface area (Å²) >= 11 is 0. The number of amides is 1. The number of methoxy groups -OCH3 is 1. The molecule has 0 bridgehead atoms. The molecule has 2 aromatic rings. The van der Waals surface area contributed by atoms with Gasteiger partial charge in [-0.25, -0.2) is 0 Å². The number of carbonyl (C=O) groups is 1. The highest BCUT2D eigenvalue weighted by Gasteiger charge is 2.12. The molecule has 1 heterocycles. The average molecular weight is 327 g/mol. The first-order valence-corrected chi connectivity index (χ1v) is 8.54. The Balaban J connectivity index is 1.85. The van der Waals surface area contributed by atoms with Crippen LogP contribution in [0.1, 0.15) is 43.7 Å². The van der Waals surface area contributed by atoms with Crippen molar-refractivity contribution in [1.82, 2.24) is 5.32 Å². The molecule has 0 aliphatic rings. The SMILES string of the molecule is CCC(CC)c1cc[n+](CC(=O)NCc2ccc(OC)cc2)cc1. The van der Waals surface area contributed by atoms with Crippen LogP contribution in [-0.2, 0) is 17.9 Å². The summed E-state index contributed by atoms with van der Waals surface area (Å²) in [5, 5.41) is 2.94. The van der Waals surface area contributed by atoms with Gasteiger partial charge >= 0.3 is 0 Å². The van der Waals surface area contributed by atoms with Gasteiger partial charge in [-0.1, -0.05) is 26.0 Å². The van der Waals surface area contributed by atoms with Crippen LogP contribution in [0.25, 0.3) is 0 Å². The van der Waals surface area contributed by atoms with Crippen LogP contribution in [0, 0.1) is 0 Å². The lowest BCUT2D eigenvalue weighted by Crippen LogP contribution is -2.42. The summed E-state index contributed by atoms with van der Waals surface area (Å²) in [6.07, 6.45) is 6.26. The first-order chi connectivity index (χ1) is 11.7. The van der Waals surface area contributed by atoms with Crippen molar-refractivity contribution >= 4 is 5.91 Å². The van der Waals surface area contributed by atoms with Gasteiger partial charge in [-0.3, -0.25) is 4.79 Å². The first kappa shape index (κ1) is 18.0. The standard InChI is InChI=1S/C20H26N2O2/c1-4-17(5-2)18-10-12-22(13-11-18)15-20(23)21-14-16-6-8-19(24-3)9-7-16/h6-13,17H,4-5,14-15H2,1-3H3/p+1. The molecule has 0 atom stereocenters. The Hall–Kier alpha value is -2.36. The minimum Gasteiger partial charge on any atom is -0.497 e. The molecule has 0 saturated carbocycles. The molecule has 0 fully saturated rings. The van der Waals surface area contributed by atoms with E-state index in [0.717, 1.165) is 24.2 Å². The zero-order valence-corrected chi connectivity index (χ0v) is 14.8. The van der Waals surface area contributed by atoms with Crippen molar-refractivity contribution in [3.05, 3.63) is 59.9 Å². The predicted octanol–water partition coefficient (Wildman–Crippen LogP) is 3.20. The molecule has 0 aliphatic carbocycles. The molecule has 0 radical (unpaired) electrons. The van der Waals surface area contributed by atoms with Crippen LogP contribution in [0.2, 0.25) is 0 Å². The zero-order valence-electron chi connectivity index (χ0n) is 14.8. The fraction of sp³-hybridized carbons (Fsp3) is 0.400. The van der Waals surface area contributed by atoms with Gasteiger partial charge < -0.3 is 10.1 Å². The van der Waals surface area contributed by atoms with Gasteiger partial charge in [0.25, 0.3) is 5.91 Å². The van der Waals surface area contributed by atoms with Crippen LogP contribution in [0.15, 0.2) is 48.8 Å². The van der Waals surface area contributed by atoms with Gasteiger partial charge in [0.1, 0.15) is 5.75 Å². The lowest BCUT2D eigenvalue weighted by molar-refractivity contribution is -0.684. The van der Waals surface area contributed by atoms with Gasteiger partial charge in [0, 0.05) is 18.7 Å². The molecule has 2 rings (SSSR count). The van der Waals surface area contributed by atoms with Crippen LogP contribution in [0.3, 0.4) is 0 Å². The van der Waals surface area contributed by atoms with E-state index in [1.807, 2.05) is 41.2 Å². The Morgan fingerprint density at radius 3 is 2.25 bits per heavy atom. The molecule has 0 saturated heterocycles. The maximum atomic E-state index is 12.1. The van der Waals surface area contributed by atoms with E-state index in [-0.39, 0.29) is 5.91 Å². The minimum absolute atomic E-state index is 0.00565.